The number of anilines is 1. The molecule has 6 heteroatoms. The fraction of sp³-hybridized carbons (Fsp3) is 0.500. The number of amides is 1. The van der Waals surface area contributed by atoms with Gasteiger partial charge in [0.1, 0.15) is 0 Å². The van der Waals surface area contributed by atoms with Gasteiger partial charge in [-0.1, -0.05) is 6.92 Å². The maximum absolute atomic E-state index is 11.9. The molecule has 0 radical (unpaired) electrons. The lowest BCUT2D eigenvalue weighted by atomic mass is 9.87. The summed E-state index contributed by atoms with van der Waals surface area (Å²) in [5.41, 5.74) is 4.63. The Labute approximate surface area is 93.2 Å². The van der Waals surface area contributed by atoms with Gasteiger partial charge in [0.25, 0.3) is 5.56 Å². The number of hydrogen-bond acceptors (Lipinski definition) is 4. The number of carbonyl (C=O) groups excluding carboxylic acids is 1. The first-order valence-electron chi connectivity index (χ1n) is 5.09. The minimum atomic E-state index is -0.613. The molecule has 0 fully saturated rings. The largest absolute Gasteiger partial charge is 0.329 e. The third-order valence-corrected chi connectivity index (χ3v) is 2.70. The van der Waals surface area contributed by atoms with E-state index < -0.39 is 5.41 Å². The molecule has 1 atom stereocenters. The van der Waals surface area contributed by atoms with E-state index in [0.717, 1.165) is 0 Å². The summed E-state index contributed by atoms with van der Waals surface area (Å²) in [6, 6.07) is 2.75. The van der Waals surface area contributed by atoms with Crippen molar-refractivity contribution in [2.75, 3.05) is 11.9 Å². The number of hydrogen-bond donors (Lipinski definition) is 3. The van der Waals surface area contributed by atoms with Crippen molar-refractivity contribution in [1.82, 2.24) is 10.2 Å². The average Bonchev–Trinajstić information content (AvgIpc) is 2.31. The Bertz CT molecular complexity index is 403. The van der Waals surface area contributed by atoms with E-state index in [9.17, 15) is 9.59 Å². The summed E-state index contributed by atoms with van der Waals surface area (Å²) in [5, 5.41) is 8.54. The van der Waals surface area contributed by atoms with Gasteiger partial charge >= 0.3 is 0 Å². The summed E-state index contributed by atoms with van der Waals surface area (Å²) >= 11 is 0. The molecule has 88 valence electrons. The van der Waals surface area contributed by atoms with Gasteiger partial charge < -0.3 is 11.1 Å². The molecule has 1 heterocycles. The number of rotatable bonds is 4. The fourth-order valence-electron chi connectivity index (χ4n) is 1.08. The van der Waals surface area contributed by atoms with Crippen LogP contribution in [0.5, 0.6) is 0 Å². The van der Waals surface area contributed by atoms with Gasteiger partial charge in [0.15, 0.2) is 5.82 Å². The Kier molecular flexibility index (Phi) is 3.78. The summed E-state index contributed by atoms with van der Waals surface area (Å²) in [6.45, 7) is 3.94. The zero-order valence-corrected chi connectivity index (χ0v) is 9.41. The molecule has 1 rings (SSSR count). The predicted octanol–water partition coefficient (Wildman–Crippen LogP) is 0.0834. The van der Waals surface area contributed by atoms with Crippen molar-refractivity contribution in [2.24, 2.45) is 11.1 Å². The SMILES string of the molecule is CCC(C)(CN)C(=O)Nc1ccc(=O)[nH]n1. The van der Waals surface area contributed by atoms with Gasteiger partial charge in [-0.2, -0.15) is 5.10 Å². The van der Waals surface area contributed by atoms with Crippen LogP contribution in [0, 0.1) is 5.41 Å². The summed E-state index contributed by atoms with van der Waals surface area (Å²) in [5.74, 6) is 0.120. The van der Waals surface area contributed by atoms with E-state index in [4.69, 9.17) is 5.73 Å². The van der Waals surface area contributed by atoms with E-state index in [1.165, 1.54) is 12.1 Å². The van der Waals surface area contributed by atoms with E-state index >= 15 is 0 Å². The van der Waals surface area contributed by atoms with Crippen molar-refractivity contribution in [1.29, 1.82) is 0 Å². The third kappa shape index (κ3) is 2.66. The van der Waals surface area contributed by atoms with Gasteiger partial charge in [-0.15, -0.1) is 0 Å². The number of H-pyrrole nitrogens is 1. The van der Waals surface area contributed by atoms with Crippen LogP contribution in [-0.4, -0.2) is 22.6 Å². The first kappa shape index (κ1) is 12.4. The normalized spacial score (nSPS) is 14.2. The van der Waals surface area contributed by atoms with Gasteiger partial charge in [-0.3, -0.25) is 9.59 Å². The van der Waals surface area contributed by atoms with Crippen molar-refractivity contribution in [3.63, 3.8) is 0 Å². The molecule has 0 saturated heterocycles. The number of carbonyl (C=O) groups is 1. The molecule has 1 aromatic rings. The van der Waals surface area contributed by atoms with Gasteiger partial charge in [0.2, 0.25) is 5.91 Å². The molecule has 0 aliphatic heterocycles. The Hall–Kier alpha value is -1.69. The topological polar surface area (TPSA) is 101 Å². The number of aromatic nitrogens is 2. The standard InChI is InChI=1S/C10H16N4O2/c1-3-10(2,6-11)9(16)12-7-4-5-8(15)14-13-7/h4-5H,3,6,11H2,1-2H3,(H,14,15)(H,12,13,16). The van der Waals surface area contributed by atoms with Crippen LogP contribution in [0.15, 0.2) is 16.9 Å². The van der Waals surface area contributed by atoms with Gasteiger partial charge in [-0.05, 0) is 19.4 Å². The molecule has 0 spiro atoms. The number of nitrogens with two attached hydrogens (primary N) is 1. The van der Waals surface area contributed by atoms with Crippen LogP contribution in [0.1, 0.15) is 20.3 Å². The van der Waals surface area contributed by atoms with E-state index in [-0.39, 0.29) is 18.0 Å². The summed E-state index contributed by atoms with van der Waals surface area (Å²) in [4.78, 5) is 22.6. The van der Waals surface area contributed by atoms with Crippen LogP contribution in [0.25, 0.3) is 0 Å². The molecule has 0 bridgehead atoms. The quantitative estimate of drug-likeness (QED) is 0.674. The van der Waals surface area contributed by atoms with Crippen LogP contribution in [-0.2, 0) is 4.79 Å². The minimum Gasteiger partial charge on any atom is -0.329 e. The van der Waals surface area contributed by atoms with Crippen LogP contribution in [0.3, 0.4) is 0 Å². The molecule has 16 heavy (non-hydrogen) atoms. The lowest BCUT2D eigenvalue weighted by Gasteiger charge is -2.24. The van der Waals surface area contributed by atoms with Crippen LogP contribution in [0.4, 0.5) is 5.82 Å². The fourth-order valence-corrected chi connectivity index (χ4v) is 1.08. The molecule has 4 N–H and O–H groups in total. The monoisotopic (exact) mass is 224 g/mol. The van der Waals surface area contributed by atoms with Crippen LogP contribution < -0.4 is 16.6 Å². The second-order valence-corrected chi connectivity index (χ2v) is 3.88. The molecular formula is C10H16N4O2. The highest BCUT2D eigenvalue weighted by Gasteiger charge is 2.29. The molecule has 1 amide bonds. The molecule has 0 aliphatic carbocycles. The highest BCUT2D eigenvalue weighted by atomic mass is 16.2. The second kappa shape index (κ2) is 4.89. The number of aromatic amines is 1. The van der Waals surface area contributed by atoms with Crippen molar-refractivity contribution < 1.29 is 4.79 Å². The molecule has 0 aromatic carbocycles. The Morgan fingerprint density at radius 2 is 2.31 bits per heavy atom. The number of nitrogens with zero attached hydrogens (tertiary/aromatic N) is 1. The maximum atomic E-state index is 11.9. The molecule has 0 aliphatic rings. The molecular weight excluding hydrogens is 208 g/mol. The zero-order valence-electron chi connectivity index (χ0n) is 9.41. The lowest BCUT2D eigenvalue weighted by molar-refractivity contribution is -0.124. The lowest BCUT2D eigenvalue weighted by Crippen LogP contribution is -2.39. The van der Waals surface area contributed by atoms with Crippen molar-refractivity contribution in [3.8, 4) is 0 Å². The third-order valence-electron chi connectivity index (χ3n) is 2.70. The van der Waals surface area contributed by atoms with Crippen molar-refractivity contribution in [3.05, 3.63) is 22.5 Å². The van der Waals surface area contributed by atoms with Crippen molar-refractivity contribution in [2.45, 2.75) is 20.3 Å². The van der Waals surface area contributed by atoms with Gasteiger partial charge in [0, 0.05) is 12.6 Å². The van der Waals surface area contributed by atoms with Gasteiger partial charge in [0.05, 0.1) is 5.41 Å². The first-order chi connectivity index (χ1) is 7.51. The Morgan fingerprint density at radius 3 is 2.75 bits per heavy atom. The number of nitrogens with one attached hydrogen (secondary N) is 2. The summed E-state index contributed by atoms with van der Waals surface area (Å²) < 4.78 is 0. The second-order valence-electron chi connectivity index (χ2n) is 3.88. The minimum absolute atomic E-state index is 0.197. The Morgan fingerprint density at radius 1 is 1.62 bits per heavy atom. The summed E-state index contributed by atoms with van der Waals surface area (Å²) in [6.07, 6.45) is 0.638. The van der Waals surface area contributed by atoms with E-state index in [1.807, 2.05) is 6.92 Å². The highest BCUT2D eigenvalue weighted by Crippen LogP contribution is 2.20. The molecule has 6 nitrogen and oxygen atoms in total. The average molecular weight is 224 g/mol. The van der Waals surface area contributed by atoms with Crippen LogP contribution in [0.2, 0.25) is 0 Å². The zero-order chi connectivity index (χ0) is 12.2. The molecule has 1 unspecified atom stereocenters. The van der Waals surface area contributed by atoms with E-state index in [2.05, 4.69) is 15.5 Å². The van der Waals surface area contributed by atoms with Gasteiger partial charge in [-0.25, -0.2) is 5.10 Å². The molecule has 0 saturated carbocycles. The highest BCUT2D eigenvalue weighted by molar-refractivity contribution is 5.94. The predicted molar refractivity (Wildman–Crippen MR) is 60.9 cm³/mol. The summed E-state index contributed by atoms with van der Waals surface area (Å²) in [7, 11) is 0. The van der Waals surface area contributed by atoms with Crippen molar-refractivity contribution >= 4 is 11.7 Å². The van der Waals surface area contributed by atoms with E-state index in [0.29, 0.717) is 12.2 Å². The molecule has 1 aromatic heterocycles. The Balaban J connectivity index is 2.78. The van der Waals surface area contributed by atoms with Crippen LogP contribution >= 0.6 is 0 Å². The first-order valence-corrected chi connectivity index (χ1v) is 5.09. The maximum Gasteiger partial charge on any atom is 0.264 e. The van der Waals surface area contributed by atoms with E-state index in [1.54, 1.807) is 6.92 Å². The smallest absolute Gasteiger partial charge is 0.264 e.